The van der Waals surface area contributed by atoms with Crippen LogP contribution < -0.4 is 22.1 Å². The van der Waals surface area contributed by atoms with Crippen molar-refractivity contribution >= 4 is 11.6 Å². The lowest BCUT2D eigenvalue weighted by molar-refractivity contribution is 0.449. The number of aromatic nitrogens is 3. The van der Waals surface area contributed by atoms with Crippen LogP contribution in [-0.4, -0.2) is 47.3 Å². The molecular weight excluding hydrogens is 266 g/mol. The molecule has 0 amide bonds. The predicted octanol–water partition coefficient (Wildman–Crippen LogP) is -0.266. The number of nitrogens with one attached hydrogen (secondary N) is 2. The smallest absolute Gasteiger partial charge is 0.225 e. The average Bonchev–Trinajstić information content (AvgIpc) is 2.41. The van der Waals surface area contributed by atoms with Crippen molar-refractivity contribution in [1.29, 1.82) is 0 Å². The molecule has 1 aromatic rings. The van der Waals surface area contributed by atoms with Crippen LogP contribution in [-0.2, 0) is 0 Å². The lowest BCUT2D eigenvalue weighted by atomic mass is 10.4. The van der Waals surface area contributed by atoms with Crippen LogP contribution in [0.4, 0.5) is 0 Å². The van der Waals surface area contributed by atoms with Gasteiger partial charge in [-0.25, -0.2) is 15.0 Å². The molecule has 0 radical (unpaired) electrons. The number of rotatable bonds is 8. The van der Waals surface area contributed by atoms with Gasteiger partial charge in [0.1, 0.15) is 12.7 Å². The first-order valence-electron chi connectivity index (χ1n) is 6.35. The van der Waals surface area contributed by atoms with Gasteiger partial charge in [0.05, 0.1) is 6.17 Å². The first kappa shape index (κ1) is 18.1. The Balaban J connectivity index is 0.000000388. The van der Waals surface area contributed by atoms with E-state index in [0.29, 0.717) is 6.17 Å². The second-order valence-electron chi connectivity index (χ2n) is 3.82. The Morgan fingerprint density at radius 1 is 1.11 bits per heavy atom. The minimum atomic E-state index is 0.231. The Morgan fingerprint density at radius 3 is 1.89 bits per heavy atom. The highest BCUT2D eigenvalue weighted by atomic mass is 35.5. The maximum atomic E-state index is 5.36. The SMILES string of the molecule is CC(NCCCN)NCCCN.Clc1ncncn1. The summed E-state index contributed by atoms with van der Waals surface area (Å²) in [6.45, 7) is 5.57. The van der Waals surface area contributed by atoms with Gasteiger partial charge in [-0.15, -0.1) is 0 Å². The normalized spacial score (nSPS) is 10.2. The van der Waals surface area contributed by atoms with E-state index in [4.69, 9.17) is 23.1 Å². The van der Waals surface area contributed by atoms with Crippen molar-refractivity contribution < 1.29 is 0 Å². The molecule has 0 aliphatic heterocycles. The third kappa shape index (κ3) is 13.4. The van der Waals surface area contributed by atoms with Crippen LogP contribution in [0, 0.1) is 0 Å². The summed E-state index contributed by atoms with van der Waals surface area (Å²) in [7, 11) is 0. The van der Waals surface area contributed by atoms with Crippen molar-refractivity contribution in [2.24, 2.45) is 11.5 Å². The summed E-state index contributed by atoms with van der Waals surface area (Å²) < 4.78 is 0. The topological polar surface area (TPSA) is 115 Å². The highest BCUT2D eigenvalue weighted by Crippen LogP contribution is 1.90. The van der Waals surface area contributed by atoms with Gasteiger partial charge in [-0.2, -0.15) is 0 Å². The number of nitrogens with two attached hydrogens (primary N) is 2. The second kappa shape index (κ2) is 13.6. The third-order valence-corrected chi connectivity index (χ3v) is 2.32. The van der Waals surface area contributed by atoms with Crippen molar-refractivity contribution in [3.05, 3.63) is 17.9 Å². The van der Waals surface area contributed by atoms with Gasteiger partial charge in [-0.3, -0.25) is 0 Å². The first-order valence-corrected chi connectivity index (χ1v) is 6.73. The second-order valence-corrected chi connectivity index (χ2v) is 4.16. The molecule has 0 aliphatic rings. The molecule has 6 N–H and O–H groups in total. The molecule has 0 saturated carbocycles. The lowest BCUT2D eigenvalue weighted by Crippen LogP contribution is -2.41. The van der Waals surface area contributed by atoms with E-state index in [9.17, 15) is 0 Å². The van der Waals surface area contributed by atoms with Crippen LogP contribution in [0.25, 0.3) is 0 Å². The maximum absolute atomic E-state index is 5.36. The molecule has 8 heteroatoms. The zero-order valence-electron chi connectivity index (χ0n) is 11.3. The molecule has 110 valence electrons. The van der Waals surface area contributed by atoms with E-state index in [1.54, 1.807) is 0 Å². The van der Waals surface area contributed by atoms with Crippen molar-refractivity contribution in [3.63, 3.8) is 0 Å². The van der Waals surface area contributed by atoms with Gasteiger partial charge in [-0.05, 0) is 57.5 Å². The molecule has 0 atom stereocenters. The van der Waals surface area contributed by atoms with E-state index in [2.05, 4.69) is 32.5 Å². The molecule has 1 rings (SSSR count). The summed E-state index contributed by atoms with van der Waals surface area (Å²) in [5.74, 6) is 0. The van der Waals surface area contributed by atoms with E-state index in [0.717, 1.165) is 39.0 Å². The fourth-order valence-electron chi connectivity index (χ4n) is 1.14. The summed E-state index contributed by atoms with van der Waals surface area (Å²) in [6, 6.07) is 0. The molecule has 1 aromatic heterocycles. The van der Waals surface area contributed by atoms with Gasteiger partial charge in [0.2, 0.25) is 5.28 Å². The van der Waals surface area contributed by atoms with Crippen molar-refractivity contribution in [3.8, 4) is 0 Å². The number of nitrogens with zero attached hydrogens (tertiary/aromatic N) is 3. The Kier molecular flexibility index (Phi) is 13.0. The predicted molar refractivity (Wildman–Crippen MR) is 77.6 cm³/mol. The average molecular weight is 290 g/mol. The van der Waals surface area contributed by atoms with Gasteiger partial charge in [-0.1, -0.05) is 0 Å². The minimum absolute atomic E-state index is 0.231. The fraction of sp³-hybridized carbons (Fsp3) is 0.727. The number of hydrogen-bond donors (Lipinski definition) is 4. The van der Waals surface area contributed by atoms with Crippen LogP contribution >= 0.6 is 11.6 Å². The third-order valence-electron chi connectivity index (χ3n) is 2.12. The first-order chi connectivity index (χ1) is 9.20. The van der Waals surface area contributed by atoms with Gasteiger partial charge in [0, 0.05) is 0 Å². The van der Waals surface area contributed by atoms with Gasteiger partial charge in [0.15, 0.2) is 0 Å². The summed E-state index contributed by atoms with van der Waals surface area (Å²) >= 11 is 5.28. The standard InChI is InChI=1S/C8H22N4.C3H2ClN3/c1-8(11-6-2-4-9)12-7-3-5-10;4-3-6-1-5-2-7-3/h8,11-12H,2-7,9-10H2,1H3;1-2H. The van der Waals surface area contributed by atoms with Crippen molar-refractivity contribution in [2.45, 2.75) is 25.9 Å². The summed E-state index contributed by atoms with van der Waals surface area (Å²) in [5.41, 5.74) is 10.7. The summed E-state index contributed by atoms with van der Waals surface area (Å²) in [4.78, 5) is 10.6. The lowest BCUT2D eigenvalue weighted by Gasteiger charge is -2.14. The van der Waals surface area contributed by atoms with E-state index in [-0.39, 0.29) is 5.28 Å². The number of hydrogen-bond acceptors (Lipinski definition) is 7. The molecule has 0 unspecified atom stereocenters. The molecule has 0 bridgehead atoms. The molecule has 0 saturated heterocycles. The number of halogens is 1. The zero-order chi connectivity index (χ0) is 14.3. The van der Waals surface area contributed by atoms with E-state index in [1.165, 1.54) is 12.7 Å². The van der Waals surface area contributed by atoms with Gasteiger partial charge >= 0.3 is 0 Å². The summed E-state index contributed by atoms with van der Waals surface area (Å²) in [6.07, 6.45) is 5.11. The maximum Gasteiger partial charge on any atom is 0.225 e. The van der Waals surface area contributed by atoms with Crippen LogP contribution in [0.15, 0.2) is 12.7 Å². The molecule has 1 heterocycles. The van der Waals surface area contributed by atoms with Crippen molar-refractivity contribution in [2.75, 3.05) is 26.2 Å². The van der Waals surface area contributed by atoms with Crippen LogP contribution in [0.1, 0.15) is 19.8 Å². The molecule has 0 aromatic carbocycles. The Hall–Kier alpha value is -0.860. The van der Waals surface area contributed by atoms with E-state index < -0.39 is 0 Å². The van der Waals surface area contributed by atoms with Gasteiger partial charge in [0.25, 0.3) is 0 Å². The highest BCUT2D eigenvalue weighted by Gasteiger charge is 1.96. The molecule has 7 nitrogen and oxygen atoms in total. The molecule has 0 fully saturated rings. The highest BCUT2D eigenvalue weighted by molar-refractivity contribution is 6.28. The molecular formula is C11H24ClN7. The Morgan fingerprint density at radius 2 is 1.58 bits per heavy atom. The fourth-order valence-corrected chi connectivity index (χ4v) is 1.23. The van der Waals surface area contributed by atoms with Crippen LogP contribution in [0.5, 0.6) is 0 Å². The van der Waals surface area contributed by atoms with Crippen LogP contribution in [0.2, 0.25) is 5.28 Å². The zero-order valence-corrected chi connectivity index (χ0v) is 12.1. The monoisotopic (exact) mass is 289 g/mol. The van der Waals surface area contributed by atoms with Crippen molar-refractivity contribution in [1.82, 2.24) is 25.6 Å². The minimum Gasteiger partial charge on any atom is -0.330 e. The van der Waals surface area contributed by atoms with Crippen LogP contribution in [0.3, 0.4) is 0 Å². The molecule has 0 aliphatic carbocycles. The van der Waals surface area contributed by atoms with E-state index in [1.807, 2.05) is 0 Å². The Bertz CT molecular complexity index is 276. The quantitative estimate of drug-likeness (QED) is 0.385. The Labute approximate surface area is 119 Å². The van der Waals surface area contributed by atoms with E-state index >= 15 is 0 Å². The molecule has 19 heavy (non-hydrogen) atoms. The summed E-state index contributed by atoms with van der Waals surface area (Å²) in [5, 5.41) is 6.85. The van der Waals surface area contributed by atoms with Gasteiger partial charge < -0.3 is 22.1 Å². The largest absolute Gasteiger partial charge is 0.330 e. The molecule has 0 spiro atoms.